The summed E-state index contributed by atoms with van der Waals surface area (Å²) in [6.07, 6.45) is 70.5. The van der Waals surface area contributed by atoms with Crippen molar-refractivity contribution in [2.45, 2.75) is 224 Å². The van der Waals surface area contributed by atoms with E-state index in [1.54, 1.807) is 6.08 Å². The first-order valence-electron chi connectivity index (χ1n) is 27.6. The molecule has 1 aliphatic heterocycles. The van der Waals surface area contributed by atoms with Gasteiger partial charge in [-0.15, -0.1) is 0 Å². The van der Waals surface area contributed by atoms with Crippen LogP contribution >= 0.6 is 0 Å². The van der Waals surface area contributed by atoms with Crippen LogP contribution < -0.4 is 5.32 Å². The summed E-state index contributed by atoms with van der Waals surface area (Å²) in [5.41, 5.74) is 0. The number of aliphatic hydroxyl groups excluding tert-OH is 5. The van der Waals surface area contributed by atoms with E-state index in [-0.39, 0.29) is 12.5 Å². The summed E-state index contributed by atoms with van der Waals surface area (Å²) in [6, 6.07) is -0.844. The van der Waals surface area contributed by atoms with Crippen molar-refractivity contribution in [2.75, 3.05) is 13.2 Å². The lowest BCUT2D eigenvalue weighted by Gasteiger charge is -2.40. The number of carbonyl (C=O) groups excluding carboxylic acids is 1. The fraction of sp³-hybridized carbons (Fsp3) is 0.597. The van der Waals surface area contributed by atoms with Gasteiger partial charge in [0.25, 0.3) is 0 Å². The first kappa shape index (κ1) is 65.1. The van der Waals surface area contributed by atoms with E-state index in [0.717, 1.165) is 122 Å². The monoisotopic (exact) mass is 986 g/mol. The lowest BCUT2D eigenvalue weighted by atomic mass is 9.99. The first-order chi connectivity index (χ1) is 34.8. The second kappa shape index (κ2) is 49.6. The van der Waals surface area contributed by atoms with Gasteiger partial charge in [-0.3, -0.25) is 4.79 Å². The molecule has 1 rings (SSSR count). The molecule has 0 bridgehead atoms. The molecule has 9 nitrogen and oxygen atoms in total. The summed E-state index contributed by atoms with van der Waals surface area (Å²) < 4.78 is 11.2. The Bertz CT molecular complexity index is 1610. The SMILES string of the molecule is CC/C=C\C/C=C\C/C=C\C/C=C\C/C=C\C/C=C\C/C=C\C/C=C\C/C=C\CCCCCCCCCC(=O)NC(COC1OC(CO)C(O)C(O)C1O)C(O)/C=C/CC/C=C/CC/C=C/CCCCC. The van der Waals surface area contributed by atoms with E-state index in [1.807, 2.05) is 6.08 Å². The van der Waals surface area contributed by atoms with Gasteiger partial charge < -0.3 is 40.3 Å². The molecular formula is C62H99NO8. The van der Waals surface area contributed by atoms with Crippen LogP contribution in [0.4, 0.5) is 0 Å². The standard InChI is InChI=1S/C62H99NO8/c1-3-5-7-9-11-13-15-17-18-19-20-21-22-23-24-25-26-27-28-29-30-31-32-33-34-35-36-37-38-40-42-44-46-48-50-52-58(66)63-55(54-70-62-61(69)60(68)59(67)57(53-64)71-62)56(65)51-49-47-45-43-41-39-16-14-12-10-8-6-4-2/h5,7,11-14,17-18,20-21,23-24,26-27,29-30,32-33,35-36,41,43,49,51,55-57,59-62,64-65,67-69H,3-4,6,8-10,15-16,19,22,25,28,31,34,37-40,42,44-48,50,52-54H2,1-2H3,(H,63,66)/b7-5-,13-11-,14-12+,18-17-,21-20-,24-23-,27-26-,30-29-,33-32-,36-35-,43-41+,51-49+. The number of allylic oxidation sites excluding steroid dienone is 23. The number of unbranched alkanes of at least 4 members (excludes halogenated alkanes) is 12. The van der Waals surface area contributed by atoms with E-state index >= 15 is 0 Å². The largest absolute Gasteiger partial charge is 0.394 e. The second-order valence-corrected chi connectivity index (χ2v) is 18.3. The van der Waals surface area contributed by atoms with E-state index in [0.29, 0.717) is 6.42 Å². The molecule has 0 radical (unpaired) electrons. The highest BCUT2D eigenvalue weighted by Gasteiger charge is 2.44. The first-order valence-corrected chi connectivity index (χ1v) is 27.6. The van der Waals surface area contributed by atoms with Crippen molar-refractivity contribution in [1.82, 2.24) is 5.32 Å². The van der Waals surface area contributed by atoms with Gasteiger partial charge in [0, 0.05) is 6.42 Å². The molecule has 400 valence electrons. The molecule has 0 saturated carbocycles. The molecule has 71 heavy (non-hydrogen) atoms. The fourth-order valence-corrected chi connectivity index (χ4v) is 7.53. The van der Waals surface area contributed by atoms with Crippen molar-refractivity contribution in [2.24, 2.45) is 0 Å². The number of ether oxygens (including phenoxy) is 2. The normalized spacial score (nSPS) is 20.5. The zero-order valence-electron chi connectivity index (χ0n) is 44.2. The van der Waals surface area contributed by atoms with E-state index in [1.165, 1.54) is 38.5 Å². The minimum Gasteiger partial charge on any atom is -0.394 e. The van der Waals surface area contributed by atoms with Gasteiger partial charge in [-0.1, -0.05) is 205 Å². The van der Waals surface area contributed by atoms with Gasteiger partial charge in [0.15, 0.2) is 6.29 Å². The summed E-state index contributed by atoms with van der Waals surface area (Å²) in [5, 5.41) is 54.3. The van der Waals surface area contributed by atoms with E-state index in [4.69, 9.17) is 9.47 Å². The van der Waals surface area contributed by atoms with Gasteiger partial charge >= 0.3 is 0 Å². The van der Waals surface area contributed by atoms with Crippen LogP contribution in [0.15, 0.2) is 146 Å². The van der Waals surface area contributed by atoms with Crippen LogP contribution in [-0.2, 0) is 14.3 Å². The van der Waals surface area contributed by atoms with Crippen molar-refractivity contribution in [1.29, 1.82) is 0 Å². The molecule has 1 saturated heterocycles. The van der Waals surface area contributed by atoms with Gasteiger partial charge in [-0.25, -0.2) is 0 Å². The van der Waals surface area contributed by atoms with Crippen molar-refractivity contribution in [3.8, 4) is 0 Å². The molecule has 0 aromatic rings. The average molecular weight is 986 g/mol. The van der Waals surface area contributed by atoms with Crippen molar-refractivity contribution >= 4 is 5.91 Å². The number of rotatable bonds is 44. The number of hydrogen-bond donors (Lipinski definition) is 6. The third kappa shape index (κ3) is 39.3. The quantitative estimate of drug-likeness (QED) is 0.0261. The molecular weight excluding hydrogens is 887 g/mol. The third-order valence-electron chi connectivity index (χ3n) is 11.9. The Morgan fingerprint density at radius 1 is 0.493 bits per heavy atom. The predicted molar refractivity (Wildman–Crippen MR) is 299 cm³/mol. The predicted octanol–water partition coefficient (Wildman–Crippen LogP) is 13.5. The summed E-state index contributed by atoms with van der Waals surface area (Å²) in [6.45, 7) is 3.57. The zero-order chi connectivity index (χ0) is 51.5. The minimum atomic E-state index is -1.58. The Balaban J connectivity index is 2.23. The van der Waals surface area contributed by atoms with E-state index in [2.05, 4.69) is 153 Å². The van der Waals surface area contributed by atoms with Crippen molar-refractivity contribution in [3.63, 3.8) is 0 Å². The van der Waals surface area contributed by atoms with E-state index < -0.39 is 49.5 Å². The molecule has 0 aromatic heterocycles. The molecule has 6 N–H and O–H groups in total. The third-order valence-corrected chi connectivity index (χ3v) is 11.9. The number of carbonyl (C=O) groups is 1. The zero-order valence-corrected chi connectivity index (χ0v) is 44.2. The lowest BCUT2D eigenvalue weighted by Crippen LogP contribution is -2.60. The summed E-state index contributed by atoms with van der Waals surface area (Å²) in [4.78, 5) is 13.0. The molecule has 7 unspecified atom stereocenters. The summed E-state index contributed by atoms with van der Waals surface area (Å²) in [5.74, 6) is -0.211. The Kier molecular flexibility index (Phi) is 45.5. The second-order valence-electron chi connectivity index (χ2n) is 18.3. The van der Waals surface area contributed by atoms with Gasteiger partial charge in [0.2, 0.25) is 5.91 Å². The Hall–Kier alpha value is -3.93. The minimum absolute atomic E-state index is 0.211. The van der Waals surface area contributed by atoms with Gasteiger partial charge in [0.1, 0.15) is 24.4 Å². The number of amides is 1. The molecule has 0 aliphatic carbocycles. The average Bonchev–Trinajstić information content (AvgIpc) is 3.37. The number of nitrogens with one attached hydrogen (secondary N) is 1. The van der Waals surface area contributed by atoms with Crippen molar-refractivity contribution < 1.29 is 39.8 Å². The topological polar surface area (TPSA) is 149 Å². The van der Waals surface area contributed by atoms with Crippen LogP contribution in [0.1, 0.15) is 181 Å². The van der Waals surface area contributed by atoms with Crippen molar-refractivity contribution in [3.05, 3.63) is 146 Å². The van der Waals surface area contributed by atoms with Crippen LogP contribution in [0, 0.1) is 0 Å². The van der Waals surface area contributed by atoms with Gasteiger partial charge in [0.05, 0.1) is 25.4 Å². The molecule has 1 aliphatic rings. The molecule has 0 spiro atoms. The van der Waals surface area contributed by atoms with Crippen LogP contribution in [0.5, 0.6) is 0 Å². The molecule has 7 atom stereocenters. The number of aliphatic hydroxyl groups is 5. The van der Waals surface area contributed by atoms with Crippen LogP contribution in [0.25, 0.3) is 0 Å². The molecule has 0 aromatic carbocycles. The van der Waals surface area contributed by atoms with Crippen LogP contribution in [0.3, 0.4) is 0 Å². The van der Waals surface area contributed by atoms with E-state index in [9.17, 15) is 30.3 Å². The van der Waals surface area contributed by atoms with Crippen LogP contribution in [-0.4, -0.2) is 87.5 Å². The fourth-order valence-electron chi connectivity index (χ4n) is 7.53. The number of hydrogen-bond acceptors (Lipinski definition) is 8. The maximum atomic E-state index is 13.0. The maximum absolute atomic E-state index is 13.0. The summed E-state index contributed by atoms with van der Waals surface area (Å²) in [7, 11) is 0. The van der Waals surface area contributed by atoms with Crippen LogP contribution in [0.2, 0.25) is 0 Å². The summed E-state index contributed by atoms with van der Waals surface area (Å²) >= 11 is 0. The highest BCUT2D eigenvalue weighted by molar-refractivity contribution is 5.76. The maximum Gasteiger partial charge on any atom is 0.220 e. The Labute approximate surface area is 432 Å². The Morgan fingerprint density at radius 2 is 0.887 bits per heavy atom. The molecule has 1 fully saturated rings. The van der Waals surface area contributed by atoms with Gasteiger partial charge in [-0.05, 0) is 116 Å². The smallest absolute Gasteiger partial charge is 0.220 e. The Morgan fingerprint density at radius 3 is 1.35 bits per heavy atom. The van der Waals surface area contributed by atoms with Gasteiger partial charge in [-0.2, -0.15) is 0 Å². The molecule has 1 amide bonds. The molecule has 1 heterocycles. The highest BCUT2D eigenvalue weighted by Crippen LogP contribution is 2.22. The lowest BCUT2D eigenvalue weighted by molar-refractivity contribution is -0.302. The highest BCUT2D eigenvalue weighted by atomic mass is 16.7. The molecule has 9 heteroatoms.